The Kier molecular flexibility index (Phi) is 9.49. The van der Waals surface area contributed by atoms with Crippen LogP contribution >= 0.6 is 0 Å². The maximum Gasteiger partial charge on any atom is 0.0422 e. The lowest BCUT2D eigenvalue weighted by Gasteiger charge is -2.27. The molecule has 0 saturated heterocycles. The molecule has 0 unspecified atom stereocenters. The minimum atomic E-state index is 0.701. The highest BCUT2D eigenvalue weighted by molar-refractivity contribution is 5.69. The molecule has 0 aliphatic heterocycles. The Morgan fingerprint density at radius 3 is 2.00 bits per heavy atom. The molecule has 3 aromatic rings. The average Bonchev–Trinajstić information content (AvgIpc) is 2.88. The Morgan fingerprint density at radius 1 is 0.618 bits per heavy atom. The van der Waals surface area contributed by atoms with E-state index in [0.717, 1.165) is 17.1 Å². The first-order valence-electron chi connectivity index (χ1n) is 13.6. The lowest BCUT2D eigenvalue weighted by Crippen LogP contribution is -2.10. The van der Waals surface area contributed by atoms with Gasteiger partial charge >= 0.3 is 0 Å². The number of hydrogen-bond donors (Lipinski definition) is 2. The van der Waals surface area contributed by atoms with Crippen LogP contribution in [0.25, 0.3) is 0 Å². The van der Waals surface area contributed by atoms with Crippen LogP contribution in [0.4, 0.5) is 22.7 Å². The summed E-state index contributed by atoms with van der Waals surface area (Å²) in [5.74, 6) is 0.701. The number of rotatable bonds is 12. The topological polar surface area (TPSA) is 24.1 Å². The smallest absolute Gasteiger partial charge is 0.0422 e. The molecule has 0 radical (unpaired) electrons. The van der Waals surface area contributed by atoms with Gasteiger partial charge < -0.3 is 10.6 Å². The third-order valence-electron chi connectivity index (χ3n) is 7.24. The van der Waals surface area contributed by atoms with Crippen LogP contribution in [-0.2, 0) is 6.42 Å². The van der Waals surface area contributed by atoms with E-state index in [1.807, 2.05) is 6.07 Å². The summed E-state index contributed by atoms with van der Waals surface area (Å²) in [5.41, 5.74) is 7.88. The zero-order valence-electron chi connectivity index (χ0n) is 21.0. The molecule has 2 heteroatoms. The molecule has 1 saturated carbocycles. The lowest BCUT2D eigenvalue weighted by atomic mass is 9.80. The normalized spacial score (nSPS) is 14.1. The first-order chi connectivity index (χ1) is 16.8. The van der Waals surface area contributed by atoms with Gasteiger partial charge in [0.05, 0.1) is 0 Å². The predicted molar refractivity (Wildman–Crippen MR) is 149 cm³/mol. The van der Waals surface area contributed by atoms with Crippen molar-refractivity contribution in [2.24, 2.45) is 0 Å². The second-order valence-corrected chi connectivity index (χ2v) is 9.92. The van der Waals surface area contributed by atoms with Gasteiger partial charge in [0.1, 0.15) is 0 Å². The molecule has 4 rings (SSSR count). The van der Waals surface area contributed by atoms with Crippen molar-refractivity contribution < 1.29 is 0 Å². The minimum absolute atomic E-state index is 0.701. The molecule has 34 heavy (non-hydrogen) atoms. The van der Waals surface area contributed by atoms with Crippen molar-refractivity contribution in [2.75, 3.05) is 10.6 Å². The summed E-state index contributed by atoms with van der Waals surface area (Å²) in [5, 5.41) is 7.27. The summed E-state index contributed by atoms with van der Waals surface area (Å²) >= 11 is 0. The molecule has 3 aromatic carbocycles. The Bertz CT molecular complexity index is 972. The van der Waals surface area contributed by atoms with E-state index < -0.39 is 0 Å². The molecule has 0 amide bonds. The van der Waals surface area contributed by atoms with Crippen LogP contribution in [0.5, 0.6) is 0 Å². The molecule has 2 nitrogen and oxygen atoms in total. The van der Waals surface area contributed by atoms with Crippen LogP contribution < -0.4 is 10.6 Å². The fourth-order valence-corrected chi connectivity index (χ4v) is 5.39. The van der Waals surface area contributed by atoms with E-state index in [4.69, 9.17) is 0 Å². The standard InChI is InChI=1S/C32H42N2/c1-2-3-4-5-6-9-15-27-18-14-21-31(32(27)26-16-10-7-11-17-26)34-30-24-22-29(23-25-30)33-28-19-12-8-13-20-28/h8,12-14,18-26,33-34H,2-7,9-11,15-17H2,1H3. The van der Waals surface area contributed by atoms with Gasteiger partial charge in [-0.3, -0.25) is 0 Å². The summed E-state index contributed by atoms with van der Waals surface area (Å²) in [7, 11) is 0. The number of hydrogen-bond acceptors (Lipinski definition) is 2. The highest BCUT2D eigenvalue weighted by Gasteiger charge is 2.21. The zero-order chi connectivity index (χ0) is 23.4. The van der Waals surface area contributed by atoms with Crippen LogP contribution in [0.3, 0.4) is 0 Å². The monoisotopic (exact) mass is 454 g/mol. The quantitative estimate of drug-likeness (QED) is 0.266. The van der Waals surface area contributed by atoms with E-state index in [0.29, 0.717) is 5.92 Å². The molecular weight excluding hydrogens is 412 g/mol. The predicted octanol–water partition coefficient (Wildman–Crippen LogP) is 10.1. The van der Waals surface area contributed by atoms with Gasteiger partial charge in [0.2, 0.25) is 0 Å². The maximum absolute atomic E-state index is 3.79. The summed E-state index contributed by atoms with van der Waals surface area (Å²) in [6.07, 6.45) is 16.2. The summed E-state index contributed by atoms with van der Waals surface area (Å²) in [6, 6.07) is 26.0. The third-order valence-corrected chi connectivity index (χ3v) is 7.24. The largest absolute Gasteiger partial charge is 0.356 e. The maximum atomic E-state index is 3.79. The van der Waals surface area contributed by atoms with Crippen LogP contribution in [0.2, 0.25) is 0 Å². The summed E-state index contributed by atoms with van der Waals surface area (Å²) in [6.45, 7) is 2.29. The second-order valence-electron chi connectivity index (χ2n) is 9.92. The molecule has 0 spiro atoms. The molecular formula is C32H42N2. The SMILES string of the molecule is CCCCCCCCc1cccc(Nc2ccc(Nc3ccccc3)cc2)c1C1CCCCC1. The Balaban J connectivity index is 1.46. The average molecular weight is 455 g/mol. The Hall–Kier alpha value is -2.74. The molecule has 1 aliphatic rings. The number of benzene rings is 3. The summed E-state index contributed by atoms with van der Waals surface area (Å²) in [4.78, 5) is 0. The molecule has 180 valence electrons. The molecule has 0 bridgehead atoms. The van der Waals surface area contributed by atoms with Crippen molar-refractivity contribution in [1.82, 2.24) is 0 Å². The van der Waals surface area contributed by atoms with Gasteiger partial charge in [-0.15, -0.1) is 0 Å². The fourth-order valence-electron chi connectivity index (χ4n) is 5.39. The number of anilines is 4. The van der Waals surface area contributed by atoms with Crippen molar-refractivity contribution in [1.29, 1.82) is 0 Å². The summed E-state index contributed by atoms with van der Waals surface area (Å²) < 4.78 is 0. The molecule has 0 heterocycles. The van der Waals surface area contributed by atoms with Crippen LogP contribution in [0.1, 0.15) is 94.6 Å². The van der Waals surface area contributed by atoms with Gasteiger partial charge in [0.25, 0.3) is 0 Å². The highest BCUT2D eigenvalue weighted by atomic mass is 14.9. The third kappa shape index (κ3) is 7.13. The van der Waals surface area contributed by atoms with Crippen molar-refractivity contribution >= 4 is 22.7 Å². The molecule has 0 atom stereocenters. The highest BCUT2D eigenvalue weighted by Crippen LogP contribution is 2.40. The molecule has 1 fully saturated rings. The van der Waals surface area contributed by atoms with Gasteiger partial charge in [0, 0.05) is 22.7 Å². The molecule has 0 aromatic heterocycles. The van der Waals surface area contributed by atoms with Crippen LogP contribution in [-0.4, -0.2) is 0 Å². The van der Waals surface area contributed by atoms with E-state index in [1.54, 1.807) is 11.1 Å². The van der Waals surface area contributed by atoms with Crippen molar-refractivity contribution in [3.63, 3.8) is 0 Å². The lowest BCUT2D eigenvalue weighted by molar-refractivity contribution is 0.442. The van der Waals surface area contributed by atoms with Gasteiger partial charge in [-0.25, -0.2) is 0 Å². The second kappa shape index (κ2) is 13.2. The van der Waals surface area contributed by atoms with E-state index in [2.05, 4.69) is 84.3 Å². The van der Waals surface area contributed by atoms with Gasteiger partial charge in [-0.2, -0.15) is 0 Å². The molecule has 1 aliphatic carbocycles. The van der Waals surface area contributed by atoms with Gasteiger partial charge in [-0.05, 0) is 85.2 Å². The Labute approximate surface area is 207 Å². The molecule has 2 N–H and O–H groups in total. The van der Waals surface area contributed by atoms with E-state index in [9.17, 15) is 0 Å². The van der Waals surface area contributed by atoms with Crippen molar-refractivity contribution in [2.45, 2.75) is 89.9 Å². The number of aryl methyl sites for hydroxylation is 1. The number of unbranched alkanes of at least 4 members (excludes halogenated alkanes) is 5. The van der Waals surface area contributed by atoms with E-state index in [1.165, 1.54) is 82.7 Å². The Morgan fingerprint density at radius 2 is 1.26 bits per heavy atom. The fraction of sp³-hybridized carbons (Fsp3) is 0.438. The van der Waals surface area contributed by atoms with Crippen LogP contribution in [0.15, 0.2) is 72.8 Å². The van der Waals surface area contributed by atoms with Crippen molar-refractivity contribution in [3.05, 3.63) is 83.9 Å². The van der Waals surface area contributed by atoms with Crippen molar-refractivity contribution in [3.8, 4) is 0 Å². The van der Waals surface area contributed by atoms with Gasteiger partial charge in [0.15, 0.2) is 0 Å². The first kappa shape index (κ1) is 24.4. The van der Waals surface area contributed by atoms with E-state index >= 15 is 0 Å². The van der Waals surface area contributed by atoms with Crippen LogP contribution in [0, 0.1) is 0 Å². The van der Waals surface area contributed by atoms with E-state index in [-0.39, 0.29) is 0 Å². The first-order valence-corrected chi connectivity index (χ1v) is 13.6. The van der Waals surface area contributed by atoms with Gasteiger partial charge in [-0.1, -0.05) is 88.6 Å². The minimum Gasteiger partial charge on any atom is -0.356 e. The number of para-hydroxylation sites is 1. The number of nitrogens with one attached hydrogen (secondary N) is 2. The zero-order valence-corrected chi connectivity index (χ0v) is 21.0.